The Kier molecular flexibility index (Phi) is 5.83. The zero-order chi connectivity index (χ0) is 12.8. The van der Waals surface area contributed by atoms with Gasteiger partial charge in [0.15, 0.2) is 0 Å². The van der Waals surface area contributed by atoms with E-state index in [2.05, 4.69) is 37.6 Å². The molecule has 1 heterocycles. The number of hydrogen-bond donors (Lipinski definition) is 0. The minimum Gasteiger partial charge on any atom is -0.432 e. The number of alkyl halides is 1. The molecule has 1 aromatic heterocycles. The second-order valence-electron chi connectivity index (χ2n) is 4.77. The fraction of sp³-hybridized carbons (Fsp3) is 0.769. The van der Waals surface area contributed by atoms with Crippen molar-refractivity contribution in [2.24, 2.45) is 5.92 Å². The highest BCUT2D eigenvalue weighted by Crippen LogP contribution is 2.22. The average molecular weight is 259 g/mol. The van der Waals surface area contributed by atoms with E-state index < -0.39 is 0 Å². The fourth-order valence-electron chi connectivity index (χ4n) is 2.00. The van der Waals surface area contributed by atoms with E-state index in [4.69, 9.17) is 16.0 Å². The molecule has 0 spiro atoms. The van der Waals surface area contributed by atoms with Gasteiger partial charge in [-0.25, -0.2) is 0 Å². The van der Waals surface area contributed by atoms with Gasteiger partial charge in [0.25, 0.3) is 6.01 Å². The highest BCUT2D eigenvalue weighted by molar-refractivity contribution is 6.16. The van der Waals surface area contributed by atoms with Crippen molar-refractivity contribution in [1.82, 2.24) is 4.98 Å². The second-order valence-corrected chi connectivity index (χ2v) is 5.04. The molecule has 0 aromatic carbocycles. The quantitative estimate of drug-likeness (QED) is 0.691. The van der Waals surface area contributed by atoms with Gasteiger partial charge >= 0.3 is 0 Å². The number of hydrogen-bond acceptors (Lipinski definition) is 3. The third kappa shape index (κ3) is 3.91. The van der Waals surface area contributed by atoms with Crippen molar-refractivity contribution in [3.8, 4) is 0 Å². The van der Waals surface area contributed by atoms with Gasteiger partial charge in [-0.1, -0.05) is 27.7 Å². The lowest BCUT2D eigenvalue weighted by atomic mass is 10.1. The zero-order valence-electron chi connectivity index (χ0n) is 11.2. The van der Waals surface area contributed by atoms with Gasteiger partial charge in [-0.15, -0.1) is 11.6 Å². The van der Waals surface area contributed by atoms with E-state index in [1.54, 1.807) is 6.26 Å². The molecule has 0 unspecified atom stereocenters. The van der Waals surface area contributed by atoms with Crippen molar-refractivity contribution in [2.45, 2.75) is 52.5 Å². The lowest BCUT2D eigenvalue weighted by Gasteiger charge is -2.30. The van der Waals surface area contributed by atoms with Gasteiger partial charge in [-0.2, -0.15) is 4.98 Å². The standard InChI is InChI=1S/C13H23ClN2O/c1-5-12(6-2)16(8-10(3)4)13-15-11(7-14)9-17-13/h9-10,12H,5-8H2,1-4H3. The summed E-state index contributed by atoms with van der Waals surface area (Å²) in [4.78, 5) is 6.69. The second kappa shape index (κ2) is 6.90. The Morgan fingerprint density at radius 2 is 2.00 bits per heavy atom. The Balaban J connectivity index is 2.88. The lowest BCUT2D eigenvalue weighted by molar-refractivity contribution is 0.447. The number of rotatable bonds is 7. The first-order valence-corrected chi connectivity index (χ1v) is 6.92. The van der Waals surface area contributed by atoms with Gasteiger partial charge in [0.1, 0.15) is 6.26 Å². The van der Waals surface area contributed by atoms with E-state index in [0.29, 0.717) is 23.9 Å². The van der Waals surface area contributed by atoms with Crippen LogP contribution in [0, 0.1) is 5.92 Å². The van der Waals surface area contributed by atoms with Crippen LogP contribution in [0.5, 0.6) is 0 Å². The average Bonchev–Trinajstić information content (AvgIpc) is 2.77. The van der Waals surface area contributed by atoms with Crippen LogP contribution >= 0.6 is 11.6 Å². The van der Waals surface area contributed by atoms with E-state index in [9.17, 15) is 0 Å². The summed E-state index contributed by atoms with van der Waals surface area (Å²) in [6, 6.07) is 1.20. The molecule has 17 heavy (non-hydrogen) atoms. The summed E-state index contributed by atoms with van der Waals surface area (Å²) in [6.07, 6.45) is 3.85. The Morgan fingerprint density at radius 1 is 1.35 bits per heavy atom. The smallest absolute Gasteiger partial charge is 0.297 e. The molecule has 0 N–H and O–H groups in total. The van der Waals surface area contributed by atoms with Crippen molar-refractivity contribution < 1.29 is 4.42 Å². The minimum atomic E-state index is 0.405. The number of halogens is 1. The SMILES string of the molecule is CCC(CC)N(CC(C)C)c1nc(CCl)co1. The summed E-state index contributed by atoms with van der Waals surface area (Å²) < 4.78 is 5.53. The monoisotopic (exact) mass is 258 g/mol. The molecule has 0 aliphatic heterocycles. The maximum Gasteiger partial charge on any atom is 0.297 e. The van der Waals surface area contributed by atoms with Crippen molar-refractivity contribution in [1.29, 1.82) is 0 Å². The third-order valence-electron chi connectivity index (χ3n) is 2.87. The molecule has 4 heteroatoms. The number of aromatic nitrogens is 1. The molecule has 0 radical (unpaired) electrons. The normalized spacial score (nSPS) is 11.5. The number of nitrogens with zero attached hydrogens (tertiary/aromatic N) is 2. The molecule has 0 aliphatic carbocycles. The number of anilines is 1. The van der Waals surface area contributed by atoms with E-state index in [-0.39, 0.29) is 0 Å². The summed E-state index contributed by atoms with van der Waals surface area (Å²) in [6.45, 7) is 9.79. The topological polar surface area (TPSA) is 29.3 Å². The molecule has 0 aliphatic rings. The first-order chi connectivity index (χ1) is 8.12. The van der Waals surface area contributed by atoms with Crippen molar-refractivity contribution in [3.05, 3.63) is 12.0 Å². The van der Waals surface area contributed by atoms with Crippen molar-refractivity contribution in [3.63, 3.8) is 0 Å². The van der Waals surface area contributed by atoms with Gasteiger partial charge < -0.3 is 9.32 Å². The van der Waals surface area contributed by atoms with Gasteiger partial charge in [0.05, 0.1) is 11.6 Å². The van der Waals surface area contributed by atoms with Crippen molar-refractivity contribution in [2.75, 3.05) is 11.4 Å². The first kappa shape index (κ1) is 14.4. The molecule has 0 amide bonds. The molecular weight excluding hydrogens is 236 g/mol. The van der Waals surface area contributed by atoms with Gasteiger partial charge in [-0.3, -0.25) is 0 Å². The van der Waals surface area contributed by atoms with Crippen LogP contribution in [-0.2, 0) is 5.88 Å². The molecular formula is C13H23ClN2O. The van der Waals surface area contributed by atoms with Gasteiger partial charge in [-0.05, 0) is 18.8 Å². The van der Waals surface area contributed by atoms with E-state index in [1.807, 2.05) is 0 Å². The molecule has 1 rings (SSSR count). The molecule has 3 nitrogen and oxygen atoms in total. The molecule has 0 fully saturated rings. The molecule has 1 aromatic rings. The van der Waals surface area contributed by atoms with Gasteiger partial charge in [0, 0.05) is 12.6 Å². The summed E-state index contributed by atoms with van der Waals surface area (Å²) in [5.74, 6) is 0.990. The Hall–Kier alpha value is -0.700. The summed E-state index contributed by atoms with van der Waals surface area (Å²) in [5.41, 5.74) is 0.807. The van der Waals surface area contributed by atoms with Crippen LogP contribution in [0.1, 0.15) is 46.2 Å². The highest BCUT2D eigenvalue weighted by atomic mass is 35.5. The largest absolute Gasteiger partial charge is 0.432 e. The van der Waals surface area contributed by atoms with Crippen LogP contribution in [0.2, 0.25) is 0 Å². The molecule has 0 bridgehead atoms. The number of oxazole rings is 1. The third-order valence-corrected chi connectivity index (χ3v) is 3.14. The van der Waals surface area contributed by atoms with Gasteiger partial charge in [0.2, 0.25) is 0 Å². The molecule has 0 atom stereocenters. The van der Waals surface area contributed by atoms with Crippen LogP contribution in [-0.4, -0.2) is 17.6 Å². The predicted octanol–water partition coefficient (Wildman–Crippen LogP) is 4.06. The summed E-state index contributed by atoms with van der Waals surface area (Å²) in [7, 11) is 0. The highest BCUT2D eigenvalue weighted by Gasteiger charge is 2.21. The van der Waals surface area contributed by atoms with Crippen LogP contribution < -0.4 is 4.90 Å². The maximum atomic E-state index is 5.76. The molecule has 0 saturated carbocycles. The fourth-order valence-corrected chi connectivity index (χ4v) is 2.12. The van der Waals surface area contributed by atoms with Crippen LogP contribution in [0.3, 0.4) is 0 Å². The molecule has 98 valence electrons. The van der Waals surface area contributed by atoms with E-state index in [0.717, 1.165) is 25.1 Å². The summed E-state index contributed by atoms with van der Waals surface area (Å²) in [5, 5.41) is 0. The summed E-state index contributed by atoms with van der Waals surface area (Å²) >= 11 is 5.76. The predicted molar refractivity (Wildman–Crippen MR) is 72.6 cm³/mol. The van der Waals surface area contributed by atoms with Crippen LogP contribution in [0.15, 0.2) is 10.7 Å². The lowest BCUT2D eigenvalue weighted by Crippen LogP contribution is -2.37. The van der Waals surface area contributed by atoms with Crippen LogP contribution in [0.25, 0.3) is 0 Å². The zero-order valence-corrected chi connectivity index (χ0v) is 12.0. The first-order valence-electron chi connectivity index (χ1n) is 6.39. The minimum absolute atomic E-state index is 0.405. The Labute approximate surface area is 109 Å². The van der Waals surface area contributed by atoms with E-state index >= 15 is 0 Å². The Bertz CT molecular complexity index is 321. The van der Waals surface area contributed by atoms with Crippen LogP contribution in [0.4, 0.5) is 6.01 Å². The Morgan fingerprint density at radius 3 is 2.41 bits per heavy atom. The van der Waals surface area contributed by atoms with Crippen molar-refractivity contribution >= 4 is 17.6 Å². The molecule has 0 saturated heterocycles. The maximum absolute atomic E-state index is 5.76. The van der Waals surface area contributed by atoms with E-state index in [1.165, 1.54) is 0 Å².